The van der Waals surface area contributed by atoms with Gasteiger partial charge >= 0.3 is 12.1 Å². The molecule has 106 valence electrons. The Morgan fingerprint density at radius 1 is 1.44 bits per heavy atom. The summed E-state index contributed by atoms with van der Waals surface area (Å²) >= 11 is 0.969. The van der Waals surface area contributed by atoms with E-state index in [9.17, 15) is 22.8 Å². The molecular formula is C9H15F3N2O3S. The molecule has 0 saturated heterocycles. The van der Waals surface area contributed by atoms with Crippen molar-refractivity contribution in [3.8, 4) is 0 Å². The van der Waals surface area contributed by atoms with Crippen LogP contribution in [0.15, 0.2) is 0 Å². The monoisotopic (exact) mass is 288 g/mol. The fourth-order valence-corrected chi connectivity index (χ4v) is 1.64. The summed E-state index contributed by atoms with van der Waals surface area (Å²) in [4.78, 5) is 22.0. The Kier molecular flexibility index (Phi) is 7.76. The minimum atomic E-state index is -4.43. The molecule has 0 aliphatic heterocycles. The van der Waals surface area contributed by atoms with Crippen LogP contribution in [0.25, 0.3) is 0 Å². The van der Waals surface area contributed by atoms with E-state index in [0.29, 0.717) is 0 Å². The molecule has 0 saturated carbocycles. The molecule has 5 nitrogen and oxygen atoms in total. The first-order chi connectivity index (χ1) is 8.26. The lowest BCUT2D eigenvalue weighted by Gasteiger charge is -2.10. The SMILES string of the molecule is CCOC(=O)C(N)CSCC(=O)NCC(F)(F)F. The number of ether oxygens (including phenoxy) is 1. The smallest absolute Gasteiger partial charge is 0.405 e. The zero-order chi connectivity index (χ0) is 14.2. The number of hydrogen-bond acceptors (Lipinski definition) is 5. The molecule has 1 unspecified atom stereocenters. The number of rotatable bonds is 7. The molecule has 0 aromatic heterocycles. The molecule has 0 aliphatic rings. The van der Waals surface area contributed by atoms with Gasteiger partial charge in [0.2, 0.25) is 5.91 Å². The molecule has 3 N–H and O–H groups in total. The van der Waals surface area contributed by atoms with Gasteiger partial charge in [-0.15, -0.1) is 11.8 Å². The molecule has 0 bridgehead atoms. The van der Waals surface area contributed by atoms with E-state index in [1.54, 1.807) is 12.2 Å². The Labute approximate surface area is 107 Å². The summed E-state index contributed by atoms with van der Waals surface area (Å²) in [5.74, 6) is -1.43. The fraction of sp³-hybridized carbons (Fsp3) is 0.778. The number of esters is 1. The van der Waals surface area contributed by atoms with Crippen molar-refractivity contribution in [3.05, 3.63) is 0 Å². The van der Waals surface area contributed by atoms with Crippen molar-refractivity contribution < 1.29 is 27.5 Å². The van der Waals surface area contributed by atoms with Crippen LogP contribution in [0.3, 0.4) is 0 Å². The predicted molar refractivity (Wildman–Crippen MR) is 61.0 cm³/mol. The molecule has 0 heterocycles. The van der Waals surface area contributed by atoms with E-state index in [-0.39, 0.29) is 18.1 Å². The maximum Gasteiger partial charge on any atom is 0.405 e. The molecule has 0 aromatic carbocycles. The van der Waals surface area contributed by atoms with Gasteiger partial charge in [-0.1, -0.05) is 0 Å². The minimum Gasteiger partial charge on any atom is -0.465 e. The molecular weight excluding hydrogens is 273 g/mol. The molecule has 0 rings (SSSR count). The first kappa shape index (κ1) is 17.0. The Balaban J connectivity index is 3.71. The van der Waals surface area contributed by atoms with E-state index in [4.69, 9.17) is 5.73 Å². The summed E-state index contributed by atoms with van der Waals surface area (Å²) < 4.78 is 39.9. The van der Waals surface area contributed by atoms with Gasteiger partial charge in [-0.3, -0.25) is 9.59 Å². The average molecular weight is 288 g/mol. The lowest BCUT2D eigenvalue weighted by Crippen LogP contribution is -2.37. The van der Waals surface area contributed by atoms with Gasteiger partial charge in [0.25, 0.3) is 0 Å². The number of thioether (sulfide) groups is 1. The van der Waals surface area contributed by atoms with Crippen LogP contribution >= 0.6 is 11.8 Å². The van der Waals surface area contributed by atoms with Crippen LogP contribution in [-0.4, -0.2) is 48.8 Å². The number of hydrogen-bond donors (Lipinski definition) is 2. The second kappa shape index (κ2) is 8.20. The van der Waals surface area contributed by atoms with Crippen LogP contribution in [0, 0.1) is 0 Å². The summed E-state index contributed by atoms with van der Waals surface area (Å²) in [6.45, 7) is 0.460. The molecule has 0 aromatic rings. The Morgan fingerprint density at radius 2 is 2.06 bits per heavy atom. The molecule has 0 aliphatic carbocycles. The number of halogens is 3. The van der Waals surface area contributed by atoms with Crippen molar-refractivity contribution >= 4 is 23.6 Å². The third kappa shape index (κ3) is 9.11. The van der Waals surface area contributed by atoms with Crippen molar-refractivity contribution in [2.45, 2.75) is 19.1 Å². The molecule has 0 fully saturated rings. The van der Waals surface area contributed by atoms with E-state index in [2.05, 4.69) is 4.74 Å². The second-order valence-electron chi connectivity index (χ2n) is 3.27. The van der Waals surface area contributed by atoms with Gasteiger partial charge in [0.05, 0.1) is 12.4 Å². The Morgan fingerprint density at radius 3 is 2.56 bits per heavy atom. The first-order valence-corrected chi connectivity index (χ1v) is 6.25. The van der Waals surface area contributed by atoms with Crippen molar-refractivity contribution in [2.75, 3.05) is 24.7 Å². The summed E-state index contributed by atoms with van der Waals surface area (Å²) in [5.41, 5.74) is 5.43. The summed E-state index contributed by atoms with van der Waals surface area (Å²) in [5, 5.41) is 1.71. The lowest BCUT2D eigenvalue weighted by molar-refractivity contribution is -0.144. The molecule has 1 atom stereocenters. The standard InChI is InChI=1S/C9H15F3N2O3S/c1-2-17-8(16)6(13)3-18-4-7(15)14-5-9(10,11)12/h6H,2-5,13H2,1H3,(H,14,15). The van der Waals surface area contributed by atoms with Crippen LogP contribution in [0.4, 0.5) is 13.2 Å². The third-order valence-corrected chi connectivity index (χ3v) is 2.67. The van der Waals surface area contributed by atoms with Gasteiger partial charge in [0.1, 0.15) is 12.6 Å². The van der Waals surface area contributed by atoms with Gasteiger partial charge in [-0.05, 0) is 6.92 Å². The van der Waals surface area contributed by atoms with Gasteiger partial charge in [0, 0.05) is 5.75 Å². The Bertz CT molecular complexity index is 287. The maximum atomic E-state index is 11.8. The second-order valence-corrected chi connectivity index (χ2v) is 4.30. The highest BCUT2D eigenvalue weighted by atomic mass is 32.2. The van der Waals surface area contributed by atoms with E-state index in [1.165, 1.54) is 0 Å². The average Bonchev–Trinajstić information content (AvgIpc) is 2.25. The van der Waals surface area contributed by atoms with Crippen LogP contribution in [0.1, 0.15) is 6.92 Å². The van der Waals surface area contributed by atoms with Crippen molar-refractivity contribution in [2.24, 2.45) is 5.73 Å². The highest BCUT2D eigenvalue weighted by molar-refractivity contribution is 8.00. The van der Waals surface area contributed by atoms with Crippen LogP contribution in [0.5, 0.6) is 0 Å². The van der Waals surface area contributed by atoms with Gasteiger partial charge < -0.3 is 15.8 Å². The van der Waals surface area contributed by atoms with E-state index in [1.807, 2.05) is 0 Å². The number of nitrogens with one attached hydrogen (secondary N) is 1. The quantitative estimate of drug-likeness (QED) is 0.658. The summed E-state index contributed by atoms with van der Waals surface area (Å²) in [7, 11) is 0. The summed E-state index contributed by atoms with van der Waals surface area (Å²) in [6, 6.07) is -0.884. The molecule has 9 heteroatoms. The molecule has 0 spiro atoms. The van der Waals surface area contributed by atoms with Gasteiger partial charge in [0.15, 0.2) is 0 Å². The first-order valence-electron chi connectivity index (χ1n) is 5.09. The number of carbonyl (C=O) groups is 2. The zero-order valence-electron chi connectivity index (χ0n) is 9.75. The van der Waals surface area contributed by atoms with E-state index < -0.39 is 30.6 Å². The van der Waals surface area contributed by atoms with Crippen LogP contribution in [0.2, 0.25) is 0 Å². The molecule has 0 radical (unpaired) electrons. The highest BCUT2D eigenvalue weighted by Gasteiger charge is 2.27. The van der Waals surface area contributed by atoms with Gasteiger partial charge in [-0.2, -0.15) is 13.2 Å². The summed E-state index contributed by atoms with van der Waals surface area (Å²) in [6.07, 6.45) is -4.43. The molecule has 1 amide bonds. The predicted octanol–water partition coefficient (Wildman–Crippen LogP) is 0.288. The maximum absolute atomic E-state index is 11.8. The largest absolute Gasteiger partial charge is 0.465 e. The number of carbonyl (C=O) groups excluding carboxylic acids is 2. The number of alkyl halides is 3. The van der Waals surface area contributed by atoms with E-state index in [0.717, 1.165) is 11.8 Å². The molecule has 18 heavy (non-hydrogen) atoms. The topological polar surface area (TPSA) is 81.4 Å². The normalized spacial score (nSPS) is 12.9. The third-order valence-electron chi connectivity index (χ3n) is 1.61. The fourth-order valence-electron chi connectivity index (χ4n) is 0.846. The van der Waals surface area contributed by atoms with E-state index >= 15 is 0 Å². The van der Waals surface area contributed by atoms with Crippen LogP contribution in [-0.2, 0) is 14.3 Å². The van der Waals surface area contributed by atoms with Crippen LogP contribution < -0.4 is 11.1 Å². The Hall–Kier alpha value is -0.960. The highest BCUT2D eigenvalue weighted by Crippen LogP contribution is 2.12. The van der Waals surface area contributed by atoms with Crippen molar-refractivity contribution in [3.63, 3.8) is 0 Å². The number of amides is 1. The zero-order valence-corrected chi connectivity index (χ0v) is 10.6. The minimum absolute atomic E-state index is 0.109. The number of nitrogens with two attached hydrogens (primary N) is 1. The van der Waals surface area contributed by atoms with Crippen molar-refractivity contribution in [1.29, 1.82) is 0 Å². The van der Waals surface area contributed by atoms with Crippen molar-refractivity contribution in [1.82, 2.24) is 5.32 Å². The lowest BCUT2D eigenvalue weighted by atomic mass is 10.4. The van der Waals surface area contributed by atoms with Gasteiger partial charge in [-0.25, -0.2) is 0 Å².